The fourth-order valence-electron chi connectivity index (χ4n) is 2.23. The molecule has 0 saturated heterocycles. The Morgan fingerprint density at radius 3 is 3.00 bits per heavy atom. The number of hydrogen-bond donors (Lipinski definition) is 0. The molecule has 0 radical (unpaired) electrons. The summed E-state index contributed by atoms with van der Waals surface area (Å²) in [6.45, 7) is 2.27. The Labute approximate surface area is 102 Å². The summed E-state index contributed by atoms with van der Waals surface area (Å²) >= 11 is 1.17. The molecule has 2 heterocycles. The molecule has 3 rings (SSSR count). The normalized spacial score (nSPS) is 14.9. The van der Waals surface area contributed by atoms with Crippen molar-refractivity contribution in [3.63, 3.8) is 0 Å². The van der Waals surface area contributed by atoms with Crippen molar-refractivity contribution in [1.82, 2.24) is 14.9 Å². The van der Waals surface area contributed by atoms with Gasteiger partial charge in [-0.1, -0.05) is 16.5 Å². The lowest BCUT2D eigenvalue weighted by Crippen LogP contribution is -2.17. The average Bonchev–Trinajstić information content (AvgIpc) is 2.85. The van der Waals surface area contributed by atoms with Gasteiger partial charge in [0.25, 0.3) is 0 Å². The quantitative estimate of drug-likeness (QED) is 0.812. The van der Waals surface area contributed by atoms with E-state index in [-0.39, 0.29) is 4.87 Å². The zero-order valence-electron chi connectivity index (χ0n) is 9.60. The van der Waals surface area contributed by atoms with Gasteiger partial charge in [0.1, 0.15) is 16.5 Å². The first kappa shape index (κ1) is 10.7. The molecule has 17 heavy (non-hydrogen) atoms. The topological polar surface area (TPSA) is 60.9 Å². The second-order valence-corrected chi connectivity index (χ2v) is 5.43. The van der Waals surface area contributed by atoms with E-state index in [0.29, 0.717) is 6.54 Å². The van der Waals surface area contributed by atoms with Crippen LogP contribution in [-0.4, -0.2) is 14.9 Å². The van der Waals surface area contributed by atoms with Gasteiger partial charge in [-0.15, -0.1) is 0 Å². The highest BCUT2D eigenvalue weighted by Gasteiger charge is 2.20. The molecule has 0 amide bonds. The molecule has 0 N–H and O–H groups in total. The lowest BCUT2D eigenvalue weighted by Gasteiger charge is -2.08. The Hall–Kier alpha value is -1.43. The summed E-state index contributed by atoms with van der Waals surface area (Å²) in [6.07, 6.45) is 4.31. The molecule has 1 aliphatic rings. The molecule has 0 spiro atoms. The molecule has 0 aromatic carbocycles. The van der Waals surface area contributed by atoms with Crippen LogP contribution in [0.3, 0.4) is 0 Å². The molecular formula is C11H13N3O2S. The molecular weight excluding hydrogens is 238 g/mol. The van der Waals surface area contributed by atoms with Gasteiger partial charge >= 0.3 is 4.87 Å². The Bertz CT molecular complexity index is 596. The smallest absolute Gasteiger partial charge is 0.325 e. The maximum atomic E-state index is 11.6. The van der Waals surface area contributed by atoms with Gasteiger partial charge in [0.05, 0.1) is 6.54 Å². The van der Waals surface area contributed by atoms with Crippen molar-refractivity contribution >= 4 is 11.3 Å². The summed E-state index contributed by atoms with van der Waals surface area (Å²) in [4.78, 5) is 11.6. The third kappa shape index (κ3) is 1.93. The Morgan fingerprint density at radius 2 is 2.24 bits per heavy atom. The lowest BCUT2D eigenvalue weighted by atomic mass is 9.96. The highest BCUT2D eigenvalue weighted by atomic mass is 32.1. The van der Waals surface area contributed by atoms with E-state index in [1.807, 2.05) is 6.92 Å². The molecule has 0 fully saturated rings. The summed E-state index contributed by atoms with van der Waals surface area (Å²) in [5.41, 5.74) is 2.06. The van der Waals surface area contributed by atoms with Crippen LogP contribution >= 0.6 is 11.3 Å². The maximum absolute atomic E-state index is 11.6. The monoisotopic (exact) mass is 251 g/mol. The number of aromatic nitrogens is 3. The van der Waals surface area contributed by atoms with E-state index in [1.54, 1.807) is 0 Å². The SMILES string of the molecule is Cc1nn(Cc2noc3c2CCCC3)c(=O)s1. The molecule has 2 aromatic heterocycles. The molecule has 0 saturated carbocycles. The van der Waals surface area contributed by atoms with Crippen LogP contribution in [0.2, 0.25) is 0 Å². The van der Waals surface area contributed by atoms with E-state index in [0.717, 1.165) is 35.7 Å². The third-order valence-electron chi connectivity index (χ3n) is 3.04. The minimum Gasteiger partial charge on any atom is -0.361 e. The van der Waals surface area contributed by atoms with Crippen molar-refractivity contribution in [2.24, 2.45) is 0 Å². The zero-order chi connectivity index (χ0) is 11.8. The van der Waals surface area contributed by atoms with Crippen LogP contribution in [0.15, 0.2) is 9.32 Å². The van der Waals surface area contributed by atoms with E-state index in [2.05, 4.69) is 10.3 Å². The van der Waals surface area contributed by atoms with Crippen LogP contribution in [0.4, 0.5) is 0 Å². The van der Waals surface area contributed by atoms with Gasteiger partial charge in [0, 0.05) is 12.0 Å². The minimum atomic E-state index is -0.0324. The molecule has 0 bridgehead atoms. The van der Waals surface area contributed by atoms with Crippen molar-refractivity contribution < 1.29 is 4.52 Å². The standard InChI is InChI=1S/C11H13N3O2S/c1-7-12-14(11(15)17-7)6-9-8-4-2-3-5-10(8)16-13-9/h2-6H2,1H3. The average molecular weight is 251 g/mol. The first-order chi connectivity index (χ1) is 8.24. The molecule has 0 aliphatic heterocycles. The fourth-order valence-corrected chi connectivity index (χ4v) is 2.83. The first-order valence-electron chi connectivity index (χ1n) is 5.75. The number of rotatable bonds is 2. The maximum Gasteiger partial charge on any atom is 0.325 e. The van der Waals surface area contributed by atoms with E-state index < -0.39 is 0 Å². The van der Waals surface area contributed by atoms with Crippen LogP contribution < -0.4 is 4.87 Å². The summed E-state index contributed by atoms with van der Waals surface area (Å²) in [6, 6.07) is 0. The van der Waals surface area contributed by atoms with Gasteiger partial charge in [-0.05, 0) is 26.2 Å². The van der Waals surface area contributed by atoms with E-state index in [9.17, 15) is 4.79 Å². The highest BCUT2D eigenvalue weighted by Crippen LogP contribution is 2.24. The minimum absolute atomic E-state index is 0.0324. The highest BCUT2D eigenvalue weighted by molar-refractivity contribution is 7.08. The third-order valence-corrected chi connectivity index (χ3v) is 3.80. The van der Waals surface area contributed by atoms with Crippen molar-refractivity contribution in [3.05, 3.63) is 31.7 Å². The van der Waals surface area contributed by atoms with Gasteiger partial charge in [-0.25, -0.2) is 4.68 Å². The Balaban J connectivity index is 1.93. The van der Waals surface area contributed by atoms with E-state index in [1.165, 1.54) is 28.0 Å². The van der Waals surface area contributed by atoms with Crippen LogP contribution in [0.25, 0.3) is 0 Å². The zero-order valence-corrected chi connectivity index (χ0v) is 10.4. The molecule has 90 valence electrons. The second-order valence-electron chi connectivity index (χ2n) is 4.28. The number of aryl methyl sites for hydroxylation is 2. The van der Waals surface area contributed by atoms with Crippen molar-refractivity contribution in [3.8, 4) is 0 Å². The Kier molecular flexibility index (Phi) is 2.58. The lowest BCUT2D eigenvalue weighted by molar-refractivity contribution is 0.366. The van der Waals surface area contributed by atoms with Crippen LogP contribution in [0, 0.1) is 6.92 Å². The predicted octanol–water partition coefficient (Wildman–Crippen LogP) is 1.53. The predicted molar refractivity (Wildman–Crippen MR) is 63.4 cm³/mol. The second kappa shape index (κ2) is 4.10. The molecule has 1 aliphatic carbocycles. The first-order valence-corrected chi connectivity index (χ1v) is 6.56. The number of fused-ring (bicyclic) bond motifs is 1. The molecule has 2 aromatic rings. The summed E-state index contributed by atoms with van der Waals surface area (Å²) < 4.78 is 6.78. The van der Waals surface area contributed by atoms with E-state index in [4.69, 9.17) is 4.52 Å². The van der Waals surface area contributed by atoms with Crippen molar-refractivity contribution in [2.45, 2.75) is 39.2 Å². The molecule has 5 nitrogen and oxygen atoms in total. The number of nitrogens with zero attached hydrogens (tertiary/aromatic N) is 3. The van der Waals surface area contributed by atoms with Gasteiger partial charge in [-0.2, -0.15) is 5.10 Å². The summed E-state index contributed by atoms with van der Waals surface area (Å²) in [7, 11) is 0. The molecule has 0 atom stereocenters. The summed E-state index contributed by atoms with van der Waals surface area (Å²) in [5.74, 6) is 0.992. The largest absolute Gasteiger partial charge is 0.361 e. The van der Waals surface area contributed by atoms with Gasteiger partial charge in [-0.3, -0.25) is 4.79 Å². The summed E-state index contributed by atoms with van der Waals surface area (Å²) in [5, 5.41) is 9.03. The van der Waals surface area contributed by atoms with Gasteiger partial charge in [0.15, 0.2) is 0 Å². The van der Waals surface area contributed by atoms with Crippen LogP contribution in [-0.2, 0) is 19.4 Å². The van der Waals surface area contributed by atoms with E-state index >= 15 is 0 Å². The van der Waals surface area contributed by atoms with Crippen LogP contribution in [0.5, 0.6) is 0 Å². The fraction of sp³-hybridized carbons (Fsp3) is 0.545. The Morgan fingerprint density at radius 1 is 1.41 bits per heavy atom. The molecule has 0 unspecified atom stereocenters. The van der Waals surface area contributed by atoms with Crippen LogP contribution in [0.1, 0.15) is 34.9 Å². The van der Waals surface area contributed by atoms with Gasteiger partial charge in [0.2, 0.25) is 0 Å². The van der Waals surface area contributed by atoms with Crippen molar-refractivity contribution in [2.75, 3.05) is 0 Å². The van der Waals surface area contributed by atoms with Gasteiger partial charge < -0.3 is 4.52 Å². The van der Waals surface area contributed by atoms with Crippen molar-refractivity contribution in [1.29, 1.82) is 0 Å². The number of hydrogen-bond acceptors (Lipinski definition) is 5. The molecule has 6 heteroatoms.